The van der Waals surface area contributed by atoms with E-state index in [9.17, 15) is 14.9 Å². The predicted octanol–water partition coefficient (Wildman–Crippen LogP) is 2.31. The molecular formula is C18H18N6O3S. The molecule has 1 fully saturated rings. The first-order chi connectivity index (χ1) is 13.6. The number of nitrogens with one attached hydrogen (secondary N) is 1. The number of rotatable bonds is 5. The summed E-state index contributed by atoms with van der Waals surface area (Å²) in [6, 6.07) is 10.3. The quantitative estimate of drug-likeness (QED) is 0.399. The lowest BCUT2D eigenvalue weighted by atomic mass is 10.3. The van der Waals surface area contributed by atoms with Gasteiger partial charge in [-0.3, -0.25) is 14.9 Å². The zero-order valence-corrected chi connectivity index (χ0v) is 15.8. The maximum absolute atomic E-state index is 12.5. The van der Waals surface area contributed by atoms with Crippen LogP contribution in [0.1, 0.15) is 0 Å². The summed E-state index contributed by atoms with van der Waals surface area (Å²) in [7, 11) is 0. The van der Waals surface area contributed by atoms with E-state index in [2.05, 4.69) is 19.9 Å². The molecule has 0 spiro atoms. The molecule has 28 heavy (non-hydrogen) atoms. The first-order valence-corrected chi connectivity index (χ1v) is 9.79. The van der Waals surface area contributed by atoms with Gasteiger partial charge in [0.2, 0.25) is 5.91 Å². The van der Waals surface area contributed by atoms with E-state index in [-0.39, 0.29) is 17.3 Å². The highest BCUT2D eigenvalue weighted by atomic mass is 32.2. The molecule has 0 radical (unpaired) electrons. The van der Waals surface area contributed by atoms with Crippen LogP contribution in [-0.2, 0) is 4.79 Å². The second-order valence-corrected chi connectivity index (χ2v) is 7.31. The molecule has 0 unspecified atom stereocenters. The Morgan fingerprint density at radius 2 is 2.04 bits per heavy atom. The van der Waals surface area contributed by atoms with Crippen molar-refractivity contribution in [2.45, 2.75) is 5.16 Å². The molecule has 1 saturated heterocycles. The fourth-order valence-corrected chi connectivity index (χ4v) is 3.89. The maximum atomic E-state index is 12.5. The summed E-state index contributed by atoms with van der Waals surface area (Å²) in [5, 5.41) is 11.4. The Balaban J connectivity index is 1.32. The van der Waals surface area contributed by atoms with E-state index in [1.165, 1.54) is 23.9 Å². The molecule has 2 aromatic heterocycles. The number of hydrogen-bond acceptors (Lipinski definition) is 7. The molecule has 0 aliphatic carbocycles. The molecule has 0 bridgehead atoms. The summed E-state index contributed by atoms with van der Waals surface area (Å²) >= 11 is 1.31. The third kappa shape index (κ3) is 3.91. The largest absolute Gasteiger partial charge is 0.353 e. The first kappa shape index (κ1) is 18.2. The number of benzene rings is 1. The molecule has 1 amide bonds. The lowest BCUT2D eigenvalue weighted by Gasteiger charge is -2.35. The molecule has 1 aliphatic rings. The molecule has 4 rings (SSSR count). The Hall–Kier alpha value is -3.14. The summed E-state index contributed by atoms with van der Waals surface area (Å²) in [6.07, 6.45) is 1.77. The summed E-state index contributed by atoms with van der Waals surface area (Å²) in [5.41, 5.74) is 1.24. The number of nitro benzene ring substituents is 1. The SMILES string of the molecule is O=C(CSc1nc2ccc([N+](=O)[O-])cc2[nH]1)N1CCN(c2ccccn2)CC1. The molecule has 3 heterocycles. The summed E-state index contributed by atoms with van der Waals surface area (Å²) in [4.78, 5) is 38.7. The second kappa shape index (κ2) is 7.85. The lowest BCUT2D eigenvalue weighted by Crippen LogP contribution is -2.49. The van der Waals surface area contributed by atoms with Gasteiger partial charge >= 0.3 is 0 Å². The third-order valence-corrected chi connectivity index (χ3v) is 5.45. The Morgan fingerprint density at radius 3 is 2.75 bits per heavy atom. The fraction of sp³-hybridized carbons (Fsp3) is 0.278. The molecule has 1 N–H and O–H groups in total. The van der Waals surface area contributed by atoms with Gasteiger partial charge in [0.25, 0.3) is 5.69 Å². The van der Waals surface area contributed by atoms with Crippen molar-refractivity contribution in [3.05, 3.63) is 52.7 Å². The molecular weight excluding hydrogens is 380 g/mol. The number of H-pyrrole nitrogens is 1. The fourth-order valence-electron chi connectivity index (χ4n) is 3.10. The molecule has 1 aliphatic heterocycles. The lowest BCUT2D eigenvalue weighted by molar-refractivity contribution is -0.384. The van der Waals surface area contributed by atoms with Crippen LogP contribution in [0.3, 0.4) is 0 Å². The number of fused-ring (bicyclic) bond motifs is 1. The topological polar surface area (TPSA) is 108 Å². The standard InChI is InChI=1S/C18H18N6O3S/c25-17(23-9-7-22(8-10-23)16-3-1-2-6-19-16)12-28-18-20-14-5-4-13(24(26)27)11-15(14)21-18/h1-6,11H,7-10,12H2,(H,20,21). The summed E-state index contributed by atoms with van der Waals surface area (Å²) < 4.78 is 0. The van der Waals surface area contributed by atoms with E-state index in [1.54, 1.807) is 12.3 Å². The Bertz CT molecular complexity index is 1000. The van der Waals surface area contributed by atoms with E-state index >= 15 is 0 Å². The Kier molecular flexibility index (Phi) is 5.11. The number of hydrogen-bond donors (Lipinski definition) is 1. The van der Waals surface area contributed by atoms with E-state index in [4.69, 9.17) is 0 Å². The van der Waals surface area contributed by atoms with Gasteiger partial charge in [0.15, 0.2) is 5.16 Å². The second-order valence-electron chi connectivity index (χ2n) is 6.34. The number of carbonyl (C=O) groups excluding carboxylic acids is 1. The number of anilines is 1. The minimum absolute atomic E-state index is 0.00885. The molecule has 0 atom stereocenters. The van der Waals surface area contributed by atoms with Crippen LogP contribution < -0.4 is 4.90 Å². The van der Waals surface area contributed by atoms with Gasteiger partial charge in [-0.1, -0.05) is 17.8 Å². The number of thioether (sulfide) groups is 1. The molecule has 0 saturated carbocycles. The van der Waals surface area contributed by atoms with Gasteiger partial charge in [0.1, 0.15) is 5.82 Å². The van der Waals surface area contributed by atoms with Crippen molar-refractivity contribution in [3.63, 3.8) is 0 Å². The number of nitrogens with zero attached hydrogens (tertiary/aromatic N) is 5. The Labute approximate surface area is 164 Å². The van der Waals surface area contributed by atoms with Crippen molar-refractivity contribution in [1.29, 1.82) is 0 Å². The molecule has 144 valence electrons. The van der Waals surface area contributed by atoms with Gasteiger partial charge < -0.3 is 14.8 Å². The number of aromatic nitrogens is 3. The van der Waals surface area contributed by atoms with E-state index in [0.717, 1.165) is 18.9 Å². The maximum Gasteiger partial charge on any atom is 0.271 e. The van der Waals surface area contributed by atoms with Crippen molar-refractivity contribution in [2.24, 2.45) is 0 Å². The van der Waals surface area contributed by atoms with Crippen LogP contribution in [0.2, 0.25) is 0 Å². The minimum atomic E-state index is -0.443. The van der Waals surface area contributed by atoms with Crippen LogP contribution in [0.4, 0.5) is 11.5 Å². The normalized spacial score (nSPS) is 14.4. The van der Waals surface area contributed by atoms with Gasteiger partial charge in [0.05, 0.1) is 21.7 Å². The molecule has 1 aromatic carbocycles. The first-order valence-electron chi connectivity index (χ1n) is 8.81. The van der Waals surface area contributed by atoms with Gasteiger partial charge in [-0.2, -0.15) is 0 Å². The Morgan fingerprint density at radius 1 is 1.21 bits per heavy atom. The van der Waals surface area contributed by atoms with Gasteiger partial charge in [0, 0.05) is 44.5 Å². The highest BCUT2D eigenvalue weighted by Crippen LogP contribution is 2.23. The van der Waals surface area contributed by atoms with Gasteiger partial charge in [-0.15, -0.1) is 0 Å². The van der Waals surface area contributed by atoms with E-state index in [1.807, 2.05) is 23.1 Å². The zero-order chi connectivity index (χ0) is 19.5. The van der Waals surface area contributed by atoms with Crippen LogP contribution in [0, 0.1) is 10.1 Å². The monoisotopic (exact) mass is 398 g/mol. The van der Waals surface area contributed by atoms with Crippen molar-refractivity contribution in [1.82, 2.24) is 19.9 Å². The summed E-state index contributed by atoms with van der Waals surface area (Å²) in [6.45, 7) is 2.81. The molecule has 9 nitrogen and oxygen atoms in total. The van der Waals surface area contributed by atoms with Crippen LogP contribution in [0.25, 0.3) is 11.0 Å². The van der Waals surface area contributed by atoms with Crippen molar-refractivity contribution in [3.8, 4) is 0 Å². The molecule has 3 aromatic rings. The number of imidazole rings is 1. The van der Waals surface area contributed by atoms with Crippen molar-refractivity contribution < 1.29 is 9.72 Å². The van der Waals surface area contributed by atoms with Crippen LogP contribution >= 0.6 is 11.8 Å². The minimum Gasteiger partial charge on any atom is -0.353 e. The predicted molar refractivity (Wildman–Crippen MR) is 107 cm³/mol. The van der Waals surface area contributed by atoms with Crippen LogP contribution in [-0.4, -0.2) is 62.6 Å². The van der Waals surface area contributed by atoms with E-state index < -0.39 is 4.92 Å². The highest BCUT2D eigenvalue weighted by molar-refractivity contribution is 7.99. The number of carbonyl (C=O) groups is 1. The number of aromatic amines is 1. The number of piperazine rings is 1. The van der Waals surface area contributed by atoms with Crippen molar-refractivity contribution in [2.75, 3.05) is 36.8 Å². The number of nitro groups is 1. The van der Waals surface area contributed by atoms with Gasteiger partial charge in [-0.05, 0) is 18.2 Å². The average molecular weight is 398 g/mol. The average Bonchev–Trinajstić information content (AvgIpc) is 3.15. The summed E-state index contributed by atoms with van der Waals surface area (Å²) in [5.74, 6) is 1.25. The van der Waals surface area contributed by atoms with E-state index in [0.29, 0.717) is 29.3 Å². The zero-order valence-electron chi connectivity index (χ0n) is 14.9. The molecule has 10 heteroatoms. The number of pyridine rings is 1. The number of non-ortho nitro benzene ring substituents is 1. The van der Waals surface area contributed by atoms with Crippen LogP contribution in [0.15, 0.2) is 47.8 Å². The number of amides is 1. The highest BCUT2D eigenvalue weighted by Gasteiger charge is 2.22. The van der Waals surface area contributed by atoms with Gasteiger partial charge in [-0.25, -0.2) is 9.97 Å². The smallest absolute Gasteiger partial charge is 0.271 e. The third-order valence-electron chi connectivity index (χ3n) is 4.59. The van der Waals surface area contributed by atoms with Crippen LogP contribution in [0.5, 0.6) is 0 Å². The van der Waals surface area contributed by atoms with Crippen molar-refractivity contribution >= 4 is 40.2 Å².